The molecule has 0 unspecified atom stereocenters. The van der Waals surface area contributed by atoms with Gasteiger partial charge in [0.15, 0.2) is 0 Å². The van der Waals surface area contributed by atoms with Crippen molar-refractivity contribution in [3.63, 3.8) is 0 Å². The van der Waals surface area contributed by atoms with E-state index in [2.05, 4.69) is 10.6 Å². The van der Waals surface area contributed by atoms with Gasteiger partial charge in [0, 0.05) is 24.7 Å². The summed E-state index contributed by atoms with van der Waals surface area (Å²) in [6, 6.07) is 17.5. The van der Waals surface area contributed by atoms with Crippen molar-refractivity contribution in [2.45, 2.75) is 26.4 Å². The molecule has 0 aliphatic carbocycles. The van der Waals surface area contributed by atoms with E-state index in [0.717, 1.165) is 12.0 Å². The summed E-state index contributed by atoms with van der Waals surface area (Å²) in [5.74, 6) is 1.06. The molecule has 0 spiro atoms. The van der Waals surface area contributed by atoms with E-state index in [1.165, 1.54) is 6.07 Å². The van der Waals surface area contributed by atoms with Crippen LogP contribution in [0.25, 0.3) is 11.3 Å². The Morgan fingerprint density at radius 2 is 1.90 bits per heavy atom. The quantitative estimate of drug-likeness (QED) is 0.418. The van der Waals surface area contributed by atoms with Crippen LogP contribution in [0, 0.1) is 10.1 Å². The summed E-state index contributed by atoms with van der Waals surface area (Å²) in [4.78, 5) is 22.8. The van der Waals surface area contributed by atoms with Gasteiger partial charge in [0.2, 0.25) is 0 Å². The zero-order valence-electron chi connectivity index (χ0n) is 16.2. The van der Waals surface area contributed by atoms with E-state index in [9.17, 15) is 14.9 Å². The van der Waals surface area contributed by atoms with Crippen LogP contribution in [-0.4, -0.2) is 17.4 Å². The summed E-state index contributed by atoms with van der Waals surface area (Å²) in [6.45, 7) is 3.70. The number of nitrogens with zero attached hydrogens (tertiary/aromatic N) is 1. The fourth-order valence-electron chi connectivity index (χ4n) is 2.95. The van der Waals surface area contributed by atoms with Crippen LogP contribution in [0.2, 0.25) is 0 Å². The third kappa shape index (κ3) is 5.30. The van der Waals surface area contributed by atoms with E-state index in [1.54, 1.807) is 36.4 Å². The van der Waals surface area contributed by atoms with Gasteiger partial charge in [-0.2, -0.15) is 0 Å². The molecule has 0 saturated heterocycles. The fourth-order valence-corrected chi connectivity index (χ4v) is 2.95. The van der Waals surface area contributed by atoms with Crippen LogP contribution in [0.3, 0.4) is 0 Å². The minimum Gasteiger partial charge on any atom is -0.459 e. The number of amides is 1. The van der Waals surface area contributed by atoms with E-state index in [0.29, 0.717) is 42.3 Å². The maximum Gasteiger partial charge on any atom is 0.280 e. The molecule has 3 rings (SSSR count). The molecule has 0 saturated carbocycles. The molecular weight excluding hydrogens is 370 g/mol. The standard InChI is InChI=1S/C22H23N3O4/c1-2-12-24-22(26)17-7-5-6-16(13-17)14-23-15-18-10-11-21(29-18)19-8-3-4-9-20(19)25(27)28/h3-11,13,23H,2,12,14-15H2,1H3,(H,24,26). The SMILES string of the molecule is CCCNC(=O)c1cccc(CNCc2ccc(-c3ccccc3[N+](=O)[O-])o2)c1. The predicted molar refractivity (Wildman–Crippen MR) is 110 cm³/mol. The van der Waals surface area contributed by atoms with Crippen molar-refractivity contribution >= 4 is 11.6 Å². The number of rotatable bonds is 9. The van der Waals surface area contributed by atoms with Crippen molar-refractivity contribution in [3.05, 3.63) is 87.7 Å². The molecule has 3 aromatic rings. The summed E-state index contributed by atoms with van der Waals surface area (Å²) < 4.78 is 5.77. The summed E-state index contributed by atoms with van der Waals surface area (Å²) >= 11 is 0. The van der Waals surface area contributed by atoms with E-state index < -0.39 is 4.92 Å². The third-order valence-corrected chi connectivity index (χ3v) is 4.38. The van der Waals surface area contributed by atoms with Gasteiger partial charge in [-0.1, -0.05) is 31.2 Å². The first-order valence-corrected chi connectivity index (χ1v) is 9.49. The van der Waals surface area contributed by atoms with Gasteiger partial charge in [0.25, 0.3) is 11.6 Å². The molecule has 0 bridgehead atoms. The molecule has 7 heteroatoms. The Hall–Kier alpha value is -3.45. The average Bonchev–Trinajstić information content (AvgIpc) is 3.21. The summed E-state index contributed by atoms with van der Waals surface area (Å²) in [5, 5.41) is 17.3. The lowest BCUT2D eigenvalue weighted by Gasteiger charge is -2.07. The molecule has 0 atom stereocenters. The fraction of sp³-hybridized carbons (Fsp3) is 0.227. The number of nitrogens with one attached hydrogen (secondary N) is 2. The summed E-state index contributed by atoms with van der Waals surface area (Å²) in [5.41, 5.74) is 2.09. The second kappa shape index (κ2) is 9.66. The van der Waals surface area contributed by atoms with Crippen LogP contribution < -0.4 is 10.6 Å². The monoisotopic (exact) mass is 393 g/mol. The van der Waals surface area contributed by atoms with Crippen LogP contribution in [0.5, 0.6) is 0 Å². The molecule has 0 radical (unpaired) electrons. The first-order valence-electron chi connectivity index (χ1n) is 9.49. The Morgan fingerprint density at radius 1 is 1.07 bits per heavy atom. The van der Waals surface area contributed by atoms with Crippen LogP contribution in [-0.2, 0) is 13.1 Å². The Labute approximate surface area is 168 Å². The molecule has 150 valence electrons. The van der Waals surface area contributed by atoms with Crippen molar-refractivity contribution in [2.24, 2.45) is 0 Å². The van der Waals surface area contributed by atoms with Crippen molar-refractivity contribution in [1.82, 2.24) is 10.6 Å². The number of nitro benzene ring substituents is 1. The van der Waals surface area contributed by atoms with Gasteiger partial charge in [-0.25, -0.2) is 0 Å². The molecular formula is C22H23N3O4. The predicted octanol–water partition coefficient (Wildman–Crippen LogP) is 4.28. The maximum absolute atomic E-state index is 12.1. The van der Waals surface area contributed by atoms with Crippen LogP contribution >= 0.6 is 0 Å². The van der Waals surface area contributed by atoms with Gasteiger partial charge in [-0.05, 0) is 42.3 Å². The van der Waals surface area contributed by atoms with Crippen molar-refractivity contribution < 1.29 is 14.1 Å². The highest BCUT2D eigenvalue weighted by molar-refractivity contribution is 5.94. The Bertz CT molecular complexity index is 997. The lowest BCUT2D eigenvalue weighted by molar-refractivity contribution is -0.384. The van der Waals surface area contributed by atoms with E-state index in [4.69, 9.17) is 4.42 Å². The van der Waals surface area contributed by atoms with Gasteiger partial charge < -0.3 is 15.1 Å². The second-order valence-corrected chi connectivity index (χ2v) is 6.60. The molecule has 1 heterocycles. The molecule has 1 amide bonds. The first-order chi connectivity index (χ1) is 14.1. The lowest BCUT2D eigenvalue weighted by atomic mass is 10.1. The van der Waals surface area contributed by atoms with E-state index in [-0.39, 0.29) is 11.6 Å². The Balaban J connectivity index is 1.60. The molecule has 29 heavy (non-hydrogen) atoms. The topological polar surface area (TPSA) is 97.4 Å². The second-order valence-electron chi connectivity index (χ2n) is 6.60. The summed E-state index contributed by atoms with van der Waals surface area (Å²) in [7, 11) is 0. The zero-order valence-corrected chi connectivity index (χ0v) is 16.2. The summed E-state index contributed by atoms with van der Waals surface area (Å²) in [6.07, 6.45) is 0.893. The van der Waals surface area contributed by atoms with E-state index in [1.807, 2.05) is 25.1 Å². The number of furan rings is 1. The number of hydrogen-bond acceptors (Lipinski definition) is 5. The van der Waals surface area contributed by atoms with Crippen LogP contribution in [0.1, 0.15) is 35.0 Å². The van der Waals surface area contributed by atoms with Crippen LogP contribution in [0.4, 0.5) is 5.69 Å². The number of hydrogen-bond donors (Lipinski definition) is 2. The van der Waals surface area contributed by atoms with Crippen LogP contribution in [0.15, 0.2) is 65.1 Å². The lowest BCUT2D eigenvalue weighted by Crippen LogP contribution is -2.24. The number of para-hydroxylation sites is 1. The van der Waals surface area contributed by atoms with Gasteiger partial charge in [0.05, 0.1) is 17.0 Å². The molecule has 0 aliphatic rings. The van der Waals surface area contributed by atoms with Crippen molar-refractivity contribution in [3.8, 4) is 11.3 Å². The molecule has 0 aliphatic heterocycles. The Morgan fingerprint density at radius 3 is 2.69 bits per heavy atom. The molecule has 2 N–H and O–H groups in total. The maximum atomic E-state index is 12.1. The zero-order chi connectivity index (χ0) is 20.6. The highest BCUT2D eigenvalue weighted by atomic mass is 16.6. The molecule has 1 aromatic heterocycles. The van der Waals surface area contributed by atoms with Gasteiger partial charge in [-0.15, -0.1) is 0 Å². The normalized spacial score (nSPS) is 10.7. The first kappa shape index (κ1) is 20.3. The molecule has 2 aromatic carbocycles. The highest BCUT2D eigenvalue weighted by Gasteiger charge is 2.17. The average molecular weight is 393 g/mol. The van der Waals surface area contributed by atoms with Gasteiger partial charge >= 0.3 is 0 Å². The number of benzene rings is 2. The van der Waals surface area contributed by atoms with E-state index >= 15 is 0 Å². The van der Waals surface area contributed by atoms with Gasteiger partial charge in [-0.3, -0.25) is 14.9 Å². The molecule has 0 fully saturated rings. The minimum atomic E-state index is -0.417. The smallest absolute Gasteiger partial charge is 0.280 e. The molecule has 7 nitrogen and oxygen atoms in total. The third-order valence-electron chi connectivity index (χ3n) is 4.38. The minimum absolute atomic E-state index is 0.0134. The Kier molecular flexibility index (Phi) is 6.76. The number of nitro groups is 1. The number of carbonyl (C=O) groups excluding carboxylic acids is 1. The van der Waals surface area contributed by atoms with Crippen molar-refractivity contribution in [2.75, 3.05) is 6.54 Å². The largest absolute Gasteiger partial charge is 0.459 e. The highest BCUT2D eigenvalue weighted by Crippen LogP contribution is 2.30. The van der Waals surface area contributed by atoms with Gasteiger partial charge in [0.1, 0.15) is 11.5 Å². The number of carbonyl (C=O) groups is 1. The van der Waals surface area contributed by atoms with Crippen molar-refractivity contribution in [1.29, 1.82) is 0 Å².